The number of aryl methyl sites for hydroxylation is 1. The lowest BCUT2D eigenvalue weighted by Crippen LogP contribution is -2.55. The van der Waals surface area contributed by atoms with E-state index in [9.17, 15) is 14.4 Å². The zero-order valence-corrected chi connectivity index (χ0v) is 21.0. The molecule has 2 atom stereocenters. The summed E-state index contributed by atoms with van der Waals surface area (Å²) in [5, 5.41) is 5.89. The van der Waals surface area contributed by atoms with E-state index in [1.807, 2.05) is 48.5 Å². The van der Waals surface area contributed by atoms with Crippen molar-refractivity contribution in [3.05, 3.63) is 59.7 Å². The first-order valence-electron chi connectivity index (χ1n) is 13.0. The number of hydrogen-bond acceptors (Lipinski definition) is 5. The van der Waals surface area contributed by atoms with E-state index >= 15 is 0 Å². The zero-order valence-electron chi connectivity index (χ0n) is 21.0. The van der Waals surface area contributed by atoms with E-state index in [1.54, 1.807) is 0 Å². The second-order valence-electron chi connectivity index (χ2n) is 9.83. The van der Waals surface area contributed by atoms with Gasteiger partial charge in [0.2, 0.25) is 11.8 Å². The van der Waals surface area contributed by atoms with Crippen molar-refractivity contribution in [1.29, 1.82) is 0 Å². The van der Waals surface area contributed by atoms with Crippen molar-refractivity contribution in [3.8, 4) is 11.5 Å². The normalized spacial score (nSPS) is 22.2. The van der Waals surface area contributed by atoms with Crippen molar-refractivity contribution in [1.82, 2.24) is 10.6 Å². The van der Waals surface area contributed by atoms with Crippen LogP contribution in [0.2, 0.25) is 0 Å². The molecule has 2 aromatic rings. The van der Waals surface area contributed by atoms with Gasteiger partial charge in [-0.05, 0) is 73.4 Å². The zero-order chi connectivity index (χ0) is 25.3. The SMILES string of the molecule is COC(=O)C1Cc2cccc(c2)Oc2ccc(cc2)CCCCC(=O)NC(C2CCCCC2)C(=O)N1. The first kappa shape index (κ1) is 25.7. The van der Waals surface area contributed by atoms with Crippen LogP contribution in [-0.4, -0.2) is 37.0 Å². The second kappa shape index (κ2) is 12.6. The molecular weight excluding hydrogens is 456 g/mol. The average Bonchev–Trinajstić information content (AvgIpc) is 2.90. The Hall–Kier alpha value is -3.35. The lowest BCUT2D eigenvalue weighted by atomic mass is 9.83. The smallest absolute Gasteiger partial charge is 0.328 e. The van der Waals surface area contributed by atoms with Gasteiger partial charge in [-0.2, -0.15) is 0 Å². The summed E-state index contributed by atoms with van der Waals surface area (Å²) in [5.74, 6) is 0.468. The van der Waals surface area contributed by atoms with Crippen molar-refractivity contribution >= 4 is 17.8 Å². The van der Waals surface area contributed by atoms with E-state index in [0.29, 0.717) is 12.2 Å². The van der Waals surface area contributed by atoms with Gasteiger partial charge in [0, 0.05) is 12.8 Å². The van der Waals surface area contributed by atoms with Gasteiger partial charge < -0.3 is 20.1 Å². The summed E-state index contributed by atoms with van der Waals surface area (Å²) in [7, 11) is 1.31. The number of benzene rings is 2. The number of hydrogen-bond donors (Lipinski definition) is 2. The monoisotopic (exact) mass is 492 g/mol. The molecule has 1 fully saturated rings. The Kier molecular flexibility index (Phi) is 8.98. The van der Waals surface area contributed by atoms with Crippen LogP contribution in [0.3, 0.4) is 0 Å². The molecule has 2 amide bonds. The third-order valence-electron chi connectivity index (χ3n) is 7.14. The van der Waals surface area contributed by atoms with Crippen LogP contribution in [0.5, 0.6) is 11.5 Å². The molecule has 36 heavy (non-hydrogen) atoms. The molecule has 7 nitrogen and oxygen atoms in total. The largest absolute Gasteiger partial charge is 0.467 e. The number of fused-ring (bicyclic) bond motifs is 12. The van der Waals surface area contributed by atoms with Crippen LogP contribution in [0.15, 0.2) is 48.5 Å². The average molecular weight is 493 g/mol. The standard InChI is InChI=1S/C29H36N2O5/c1-35-29(34)25-19-21-9-7-12-24(18-21)36-23-16-14-20(15-17-23)8-5-6-13-26(32)31-27(28(33)30-25)22-10-3-2-4-11-22/h7,9,12,14-18,22,25,27H,2-6,8,10-11,13,19H2,1H3,(H,30,33)(H,31,32). The summed E-state index contributed by atoms with van der Waals surface area (Å²) in [6, 6.07) is 13.9. The quantitative estimate of drug-likeness (QED) is 0.604. The maximum absolute atomic E-state index is 13.5. The Bertz CT molecular complexity index is 1050. The van der Waals surface area contributed by atoms with E-state index < -0.39 is 18.1 Å². The highest BCUT2D eigenvalue weighted by molar-refractivity contribution is 5.91. The number of carbonyl (C=O) groups is 3. The van der Waals surface area contributed by atoms with Crippen LogP contribution in [-0.2, 0) is 32.0 Å². The van der Waals surface area contributed by atoms with Gasteiger partial charge in [0.25, 0.3) is 0 Å². The Labute approximate surface area is 212 Å². The summed E-state index contributed by atoms with van der Waals surface area (Å²) < 4.78 is 11.0. The maximum Gasteiger partial charge on any atom is 0.328 e. The fourth-order valence-electron chi connectivity index (χ4n) is 5.15. The Morgan fingerprint density at radius 1 is 0.861 bits per heavy atom. The maximum atomic E-state index is 13.5. The van der Waals surface area contributed by atoms with E-state index in [0.717, 1.165) is 62.7 Å². The number of carbonyl (C=O) groups excluding carboxylic acids is 3. The van der Waals surface area contributed by atoms with Gasteiger partial charge in [0.05, 0.1) is 7.11 Å². The Morgan fingerprint density at radius 3 is 2.36 bits per heavy atom. The fourth-order valence-corrected chi connectivity index (χ4v) is 5.15. The highest BCUT2D eigenvalue weighted by Crippen LogP contribution is 2.28. The molecule has 2 heterocycles. The Morgan fingerprint density at radius 2 is 1.61 bits per heavy atom. The molecule has 2 unspecified atom stereocenters. The van der Waals surface area contributed by atoms with Gasteiger partial charge >= 0.3 is 5.97 Å². The lowest BCUT2D eigenvalue weighted by Gasteiger charge is -2.31. The van der Waals surface area contributed by atoms with Crippen molar-refractivity contribution in [3.63, 3.8) is 0 Å². The summed E-state index contributed by atoms with van der Waals surface area (Å²) in [4.78, 5) is 38.9. The molecule has 0 radical (unpaired) electrons. The third kappa shape index (κ3) is 7.09. The van der Waals surface area contributed by atoms with Gasteiger partial charge in [-0.15, -0.1) is 0 Å². The van der Waals surface area contributed by atoms with Crippen LogP contribution in [0.4, 0.5) is 0 Å². The molecule has 2 aliphatic heterocycles. The molecule has 192 valence electrons. The van der Waals surface area contributed by atoms with Gasteiger partial charge in [-0.25, -0.2) is 4.79 Å². The molecule has 7 heteroatoms. The van der Waals surface area contributed by atoms with Gasteiger partial charge in [0.15, 0.2) is 0 Å². The molecule has 1 aliphatic carbocycles. The van der Waals surface area contributed by atoms with Crippen LogP contribution in [0, 0.1) is 5.92 Å². The van der Waals surface area contributed by atoms with Crippen molar-refractivity contribution < 1.29 is 23.9 Å². The number of ether oxygens (including phenoxy) is 2. The van der Waals surface area contributed by atoms with E-state index in [-0.39, 0.29) is 24.2 Å². The van der Waals surface area contributed by atoms with Gasteiger partial charge in [-0.3, -0.25) is 9.59 Å². The molecule has 0 spiro atoms. The van der Waals surface area contributed by atoms with E-state index in [2.05, 4.69) is 10.6 Å². The third-order valence-corrected chi connectivity index (χ3v) is 7.14. The molecule has 2 N–H and O–H groups in total. The fraction of sp³-hybridized carbons (Fsp3) is 0.483. The molecule has 2 aromatic carbocycles. The van der Waals surface area contributed by atoms with Crippen LogP contribution < -0.4 is 15.4 Å². The summed E-state index contributed by atoms with van der Waals surface area (Å²) in [6.07, 6.45) is 8.09. The molecule has 0 saturated heterocycles. The van der Waals surface area contributed by atoms with Gasteiger partial charge in [0.1, 0.15) is 23.6 Å². The van der Waals surface area contributed by atoms with Crippen LogP contribution >= 0.6 is 0 Å². The minimum Gasteiger partial charge on any atom is -0.467 e. The number of rotatable bonds is 2. The topological polar surface area (TPSA) is 93.7 Å². The highest BCUT2D eigenvalue weighted by Gasteiger charge is 2.33. The number of nitrogens with one attached hydrogen (secondary N) is 2. The summed E-state index contributed by atoms with van der Waals surface area (Å²) in [6.45, 7) is 0. The van der Waals surface area contributed by atoms with E-state index in [1.165, 1.54) is 12.7 Å². The van der Waals surface area contributed by atoms with Crippen LogP contribution in [0.25, 0.3) is 0 Å². The molecule has 0 aromatic heterocycles. The summed E-state index contributed by atoms with van der Waals surface area (Å²) in [5.41, 5.74) is 2.02. The van der Waals surface area contributed by atoms with Crippen molar-refractivity contribution in [2.45, 2.75) is 76.3 Å². The number of methoxy groups -OCH3 is 1. The molecule has 1 saturated carbocycles. The first-order chi connectivity index (χ1) is 17.5. The predicted octanol–water partition coefficient (Wildman–Crippen LogP) is 4.47. The van der Waals surface area contributed by atoms with Crippen LogP contribution in [0.1, 0.15) is 62.5 Å². The second-order valence-corrected chi connectivity index (χ2v) is 9.83. The minimum atomic E-state index is -0.873. The number of esters is 1. The van der Waals surface area contributed by atoms with E-state index in [4.69, 9.17) is 9.47 Å². The first-order valence-corrected chi connectivity index (χ1v) is 13.0. The molecular formula is C29H36N2O5. The Balaban J connectivity index is 1.61. The highest BCUT2D eigenvalue weighted by atomic mass is 16.5. The van der Waals surface area contributed by atoms with Crippen molar-refractivity contribution in [2.75, 3.05) is 7.11 Å². The lowest BCUT2D eigenvalue weighted by molar-refractivity contribution is -0.145. The predicted molar refractivity (Wildman–Crippen MR) is 137 cm³/mol. The molecule has 3 aliphatic rings. The molecule has 4 bridgehead atoms. The number of amides is 2. The summed E-state index contributed by atoms with van der Waals surface area (Å²) >= 11 is 0. The van der Waals surface area contributed by atoms with Crippen molar-refractivity contribution in [2.24, 2.45) is 5.92 Å². The molecule has 5 rings (SSSR count). The van der Waals surface area contributed by atoms with Gasteiger partial charge in [-0.1, -0.05) is 43.5 Å². The minimum absolute atomic E-state index is 0.0603.